The molecule has 1 aliphatic rings. The molecule has 1 amide bonds. The summed E-state index contributed by atoms with van der Waals surface area (Å²) in [6, 6.07) is 2.04. The van der Waals surface area contributed by atoms with Crippen LogP contribution in [-0.4, -0.2) is 66.5 Å². The van der Waals surface area contributed by atoms with Gasteiger partial charge in [-0.3, -0.25) is 9.69 Å². The van der Waals surface area contributed by atoms with E-state index in [0.29, 0.717) is 5.92 Å². The average Bonchev–Trinajstić information content (AvgIpc) is 3.14. The van der Waals surface area contributed by atoms with Gasteiger partial charge in [-0.1, -0.05) is 25.2 Å². The maximum Gasteiger partial charge on any atom is 0.264 e. The standard InChI is InChI=1S/C18H28N4OS2/c1-5-21(6-2)18-19-16-14(25-18)11-15(24-16)17(23)22-9-7-20(8-10-22)12-13(3)4/h11,13H,5-10,12H2,1-4H3. The number of amides is 1. The van der Waals surface area contributed by atoms with Crippen LogP contribution in [0.4, 0.5) is 5.13 Å². The molecule has 3 heterocycles. The van der Waals surface area contributed by atoms with Crippen LogP contribution in [0.1, 0.15) is 37.4 Å². The summed E-state index contributed by atoms with van der Waals surface area (Å²) in [4.78, 5) is 26.1. The molecule has 0 N–H and O–H groups in total. The normalized spacial score (nSPS) is 16.1. The van der Waals surface area contributed by atoms with Crippen molar-refractivity contribution >= 4 is 43.2 Å². The summed E-state index contributed by atoms with van der Waals surface area (Å²) in [5, 5.41) is 1.06. The molecule has 1 aliphatic heterocycles. The quantitative estimate of drug-likeness (QED) is 0.767. The summed E-state index contributed by atoms with van der Waals surface area (Å²) in [6.45, 7) is 15.4. The van der Waals surface area contributed by atoms with E-state index in [0.717, 1.165) is 65.4 Å². The van der Waals surface area contributed by atoms with Gasteiger partial charge in [-0.15, -0.1) is 11.3 Å². The molecule has 1 saturated heterocycles. The van der Waals surface area contributed by atoms with Gasteiger partial charge in [-0.05, 0) is 25.8 Å². The van der Waals surface area contributed by atoms with Crippen molar-refractivity contribution in [1.82, 2.24) is 14.8 Å². The first-order chi connectivity index (χ1) is 12.0. The van der Waals surface area contributed by atoms with E-state index >= 15 is 0 Å². The molecule has 0 unspecified atom stereocenters. The number of carbonyl (C=O) groups excluding carboxylic acids is 1. The van der Waals surface area contributed by atoms with E-state index in [9.17, 15) is 4.79 Å². The minimum Gasteiger partial charge on any atom is -0.349 e. The second kappa shape index (κ2) is 8.01. The van der Waals surface area contributed by atoms with Gasteiger partial charge in [0.05, 0.1) is 9.58 Å². The van der Waals surface area contributed by atoms with E-state index in [-0.39, 0.29) is 5.91 Å². The van der Waals surface area contributed by atoms with Crippen LogP contribution in [0.15, 0.2) is 6.07 Å². The number of aromatic nitrogens is 1. The Labute approximate surface area is 158 Å². The Morgan fingerprint density at radius 3 is 2.44 bits per heavy atom. The predicted octanol–water partition coefficient (Wildman–Crippen LogP) is 3.62. The minimum atomic E-state index is 0.170. The molecule has 0 bridgehead atoms. The highest BCUT2D eigenvalue weighted by atomic mass is 32.1. The van der Waals surface area contributed by atoms with E-state index < -0.39 is 0 Å². The van der Waals surface area contributed by atoms with Crippen molar-refractivity contribution in [2.75, 3.05) is 50.7 Å². The molecule has 0 radical (unpaired) electrons. The monoisotopic (exact) mass is 380 g/mol. The van der Waals surface area contributed by atoms with E-state index in [4.69, 9.17) is 4.98 Å². The highest BCUT2D eigenvalue weighted by Gasteiger charge is 2.24. The SMILES string of the molecule is CCN(CC)c1nc2sc(C(=O)N3CCN(CC(C)C)CC3)cc2s1. The molecule has 0 aromatic carbocycles. The molecule has 0 atom stereocenters. The zero-order chi connectivity index (χ0) is 18.0. The summed E-state index contributed by atoms with van der Waals surface area (Å²) in [5.41, 5.74) is 0. The van der Waals surface area contributed by atoms with Crippen molar-refractivity contribution in [3.05, 3.63) is 10.9 Å². The van der Waals surface area contributed by atoms with E-state index in [1.54, 1.807) is 11.3 Å². The Kier molecular flexibility index (Phi) is 5.96. The van der Waals surface area contributed by atoms with Gasteiger partial charge in [0.15, 0.2) is 5.13 Å². The number of thiophene rings is 1. The lowest BCUT2D eigenvalue weighted by Gasteiger charge is -2.35. The van der Waals surface area contributed by atoms with Crippen molar-refractivity contribution in [3.8, 4) is 0 Å². The molecular formula is C18H28N4OS2. The van der Waals surface area contributed by atoms with Gasteiger partial charge in [0, 0.05) is 45.8 Å². The topological polar surface area (TPSA) is 39.7 Å². The van der Waals surface area contributed by atoms with Crippen LogP contribution in [0.3, 0.4) is 0 Å². The van der Waals surface area contributed by atoms with Crippen molar-refractivity contribution in [2.24, 2.45) is 5.92 Å². The third-order valence-electron chi connectivity index (χ3n) is 4.61. The maximum absolute atomic E-state index is 12.8. The first kappa shape index (κ1) is 18.6. The Morgan fingerprint density at radius 2 is 1.88 bits per heavy atom. The molecule has 0 saturated carbocycles. The molecule has 1 fully saturated rings. The largest absolute Gasteiger partial charge is 0.349 e. The Morgan fingerprint density at radius 1 is 1.20 bits per heavy atom. The lowest BCUT2D eigenvalue weighted by atomic mass is 10.2. The average molecular weight is 381 g/mol. The summed E-state index contributed by atoms with van der Waals surface area (Å²) < 4.78 is 1.13. The molecule has 7 heteroatoms. The van der Waals surface area contributed by atoms with Gasteiger partial charge in [0.25, 0.3) is 5.91 Å². The summed E-state index contributed by atoms with van der Waals surface area (Å²) in [7, 11) is 0. The number of nitrogens with zero attached hydrogens (tertiary/aromatic N) is 4. The number of rotatable bonds is 6. The van der Waals surface area contributed by atoms with Crippen molar-refractivity contribution in [2.45, 2.75) is 27.7 Å². The van der Waals surface area contributed by atoms with Crippen molar-refractivity contribution in [1.29, 1.82) is 0 Å². The molecular weight excluding hydrogens is 352 g/mol. The van der Waals surface area contributed by atoms with Crippen LogP contribution < -0.4 is 4.90 Å². The Bertz CT molecular complexity index is 680. The number of carbonyl (C=O) groups is 1. The molecule has 2 aromatic heterocycles. The van der Waals surface area contributed by atoms with E-state index in [1.807, 2.05) is 11.0 Å². The lowest BCUT2D eigenvalue weighted by molar-refractivity contribution is 0.0628. The number of piperazine rings is 1. The lowest BCUT2D eigenvalue weighted by Crippen LogP contribution is -2.49. The van der Waals surface area contributed by atoms with Gasteiger partial charge in [-0.25, -0.2) is 4.98 Å². The number of thiazole rings is 1. The first-order valence-corrected chi connectivity index (χ1v) is 10.8. The summed E-state index contributed by atoms with van der Waals surface area (Å²) in [6.07, 6.45) is 0. The third kappa shape index (κ3) is 4.15. The fraction of sp³-hybridized carbons (Fsp3) is 0.667. The first-order valence-electron chi connectivity index (χ1n) is 9.18. The fourth-order valence-electron chi connectivity index (χ4n) is 3.26. The van der Waals surface area contributed by atoms with Gasteiger partial charge in [-0.2, -0.15) is 0 Å². The van der Waals surface area contributed by atoms with Gasteiger partial charge < -0.3 is 9.80 Å². The predicted molar refractivity (Wildman–Crippen MR) is 108 cm³/mol. The number of anilines is 1. The highest BCUT2D eigenvalue weighted by molar-refractivity contribution is 7.29. The number of fused-ring (bicyclic) bond motifs is 1. The second-order valence-corrected chi connectivity index (χ2v) is 8.98. The zero-order valence-corrected chi connectivity index (χ0v) is 17.3. The smallest absolute Gasteiger partial charge is 0.264 e. The molecule has 25 heavy (non-hydrogen) atoms. The second-order valence-electron chi connectivity index (χ2n) is 6.94. The number of hydrogen-bond donors (Lipinski definition) is 0. The van der Waals surface area contributed by atoms with Crippen LogP contribution in [-0.2, 0) is 0 Å². The maximum atomic E-state index is 12.8. The third-order valence-corrected chi connectivity index (χ3v) is 6.81. The zero-order valence-electron chi connectivity index (χ0n) is 15.6. The Balaban J connectivity index is 1.66. The molecule has 0 spiro atoms. The number of hydrogen-bond acceptors (Lipinski definition) is 6. The summed E-state index contributed by atoms with van der Waals surface area (Å²) >= 11 is 3.23. The van der Waals surface area contributed by atoms with Crippen LogP contribution >= 0.6 is 22.7 Å². The molecule has 138 valence electrons. The van der Waals surface area contributed by atoms with Crippen LogP contribution in [0.2, 0.25) is 0 Å². The van der Waals surface area contributed by atoms with Gasteiger partial charge in [0.1, 0.15) is 4.83 Å². The van der Waals surface area contributed by atoms with Gasteiger partial charge >= 0.3 is 0 Å². The highest BCUT2D eigenvalue weighted by Crippen LogP contribution is 2.35. The molecule has 5 nitrogen and oxygen atoms in total. The Hall–Kier alpha value is -1.18. The van der Waals surface area contributed by atoms with Gasteiger partial charge in [0.2, 0.25) is 0 Å². The fourth-order valence-corrected chi connectivity index (χ4v) is 5.57. The molecule has 3 rings (SSSR count). The van der Waals surface area contributed by atoms with Crippen LogP contribution in [0.25, 0.3) is 9.53 Å². The summed E-state index contributed by atoms with van der Waals surface area (Å²) in [5.74, 6) is 0.848. The molecule has 0 aliphatic carbocycles. The minimum absolute atomic E-state index is 0.170. The van der Waals surface area contributed by atoms with Crippen LogP contribution in [0.5, 0.6) is 0 Å². The van der Waals surface area contributed by atoms with Crippen molar-refractivity contribution < 1.29 is 4.79 Å². The molecule has 2 aromatic rings. The van der Waals surface area contributed by atoms with E-state index in [2.05, 4.69) is 37.5 Å². The van der Waals surface area contributed by atoms with E-state index in [1.165, 1.54) is 11.3 Å². The van der Waals surface area contributed by atoms with Crippen LogP contribution in [0, 0.1) is 5.92 Å². The van der Waals surface area contributed by atoms with Crippen molar-refractivity contribution in [3.63, 3.8) is 0 Å².